The van der Waals surface area contributed by atoms with E-state index in [1.165, 1.54) is 7.11 Å². The number of esters is 1. The molecular formula is C10H9NO4. The molecule has 5 heteroatoms. The van der Waals surface area contributed by atoms with Crippen molar-refractivity contribution in [2.75, 3.05) is 7.11 Å². The van der Waals surface area contributed by atoms with Crippen LogP contribution in [0.4, 0.5) is 0 Å². The van der Waals surface area contributed by atoms with Crippen LogP contribution in [0.1, 0.15) is 16.2 Å². The first-order valence-electron chi connectivity index (χ1n) is 4.34. The minimum absolute atomic E-state index is 0.103. The number of aliphatic hydroxyl groups is 1. The number of nitrogens with zero attached hydrogens (tertiary/aromatic N) is 1. The van der Waals surface area contributed by atoms with Crippen molar-refractivity contribution in [3.63, 3.8) is 0 Å². The van der Waals surface area contributed by atoms with Crippen LogP contribution in [0.2, 0.25) is 0 Å². The lowest BCUT2D eigenvalue weighted by atomic mass is 10.2. The molecule has 0 spiro atoms. The number of hydrogen-bond acceptors (Lipinski definition) is 5. The molecule has 0 radical (unpaired) electrons. The van der Waals surface area contributed by atoms with Crippen molar-refractivity contribution in [3.8, 4) is 0 Å². The topological polar surface area (TPSA) is 72.6 Å². The molecule has 1 heterocycles. The lowest BCUT2D eigenvalue weighted by Gasteiger charge is -1.93. The molecule has 0 aliphatic rings. The Hall–Kier alpha value is -1.88. The fourth-order valence-electron chi connectivity index (χ4n) is 1.31. The lowest BCUT2D eigenvalue weighted by molar-refractivity contribution is 0.0558. The van der Waals surface area contributed by atoms with Gasteiger partial charge in [-0.15, -0.1) is 0 Å². The standard InChI is InChI=1S/C10H9NO4/c1-14-10(13)9-11-8-6(5-12)3-2-4-7(8)15-9/h2-4,12H,5H2,1H3. The van der Waals surface area contributed by atoms with E-state index in [-0.39, 0.29) is 12.5 Å². The molecule has 0 aliphatic heterocycles. The average molecular weight is 207 g/mol. The molecule has 15 heavy (non-hydrogen) atoms. The van der Waals surface area contributed by atoms with Gasteiger partial charge in [-0.1, -0.05) is 12.1 Å². The van der Waals surface area contributed by atoms with Crippen molar-refractivity contribution in [1.29, 1.82) is 0 Å². The largest absolute Gasteiger partial charge is 0.462 e. The Bertz CT molecular complexity index is 503. The third-order valence-electron chi connectivity index (χ3n) is 2.03. The van der Waals surface area contributed by atoms with Gasteiger partial charge in [-0.3, -0.25) is 0 Å². The molecule has 0 aliphatic carbocycles. The van der Waals surface area contributed by atoms with Crippen LogP contribution in [0, 0.1) is 0 Å². The number of ether oxygens (including phenoxy) is 1. The Labute approximate surface area is 85.3 Å². The second kappa shape index (κ2) is 3.70. The van der Waals surface area contributed by atoms with Crippen LogP contribution < -0.4 is 0 Å². The Morgan fingerprint density at radius 1 is 1.60 bits per heavy atom. The number of oxazole rings is 1. The number of aromatic nitrogens is 1. The Morgan fingerprint density at radius 3 is 3.07 bits per heavy atom. The summed E-state index contributed by atoms with van der Waals surface area (Å²) in [6.45, 7) is -0.148. The van der Waals surface area contributed by atoms with Crippen LogP contribution in [0.25, 0.3) is 11.1 Å². The molecule has 2 aromatic rings. The maximum atomic E-state index is 11.1. The maximum Gasteiger partial charge on any atom is 0.394 e. The second-order valence-electron chi connectivity index (χ2n) is 2.93. The van der Waals surface area contributed by atoms with Gasteiger partial charge >= 0.3 is 11.9 Å². The van der Waals surface area contributed by atoms with E-state index < -0.39 is 5.97 Å². The van der Waals surface area contributed by atoms with Gasteiger partial charge in [-0.25, -0.2) is 9.78 Å². The summed E-state index contributed by atoms with van der Waals surface area (Å²) in [6, 6.07) is 5.11. The van der Waals surface area contributed by atoms with Gasteiger partial charge in [-0.05, 0) is 6.07 Å². The van der Waals surface area contributed by atoms with Crippen LogP contribution in [0.15, 0.2) is 22.6 Å². The highest BCUT2D eigenvalue weighted by Gasteiger charge is 2.15. The molecule has 78 valence electrons. The predicted octanol–water partition coefficient (Wildman–Crippen LogP) is 1.11. The number of carbonyl (C=O) groups is 1. The molecule has 5 nitrogen and oxygen atoms in total. The number of rotatable bonds is 2. The Balaban J connectivity index is 2.60. The van der Waals surface area contributed by atoms with Gasteiger partial charge in [0.2, 0.25) is 0 Å². The summed E-state index contributed by atoms with van der Waals surface area (Å²) >= 11 is 0. The summed E-state index contributed by atoms with van der Waals surface area (Å²) in [5.41, 5.74) is 1.56. The third kappa shape index (κ3) is 1.57. The molecule has 0 fully saturated rings. The molecule has 0 unspecified atom stereocenters. The summed E-state index contributed by atoms with van der Waals surface area (Å²) in [5.74, 6) is -0.733. The van der Waals surface area contributed by atoms with Gasteiger partial charge in [0.15, 0.2) is 5.58 Å². The number of hydrogen-bond donors (Lipinski definition) is 1. The van der Waals surface area contributed by atoms with Crippen LogP contribution in [0.3, 0.4) is 0 Å². The Kier molecular flexibility index (Phi) is 2.39. The highest BCUT2D eigenvalue weighted by molar-refractivity contribution is 5.88. The van der Waals surface area contributed by atoms with E-state index in [4.69, 9.17) is 9.52 Å². The van der Waals surface area contributed by atoms with E-state index in [1.807, 2.05) is 0 Å². The Morgan fingerprint density at radius 2 is 2.40 bits per heavy atom. The fourth-order valence-corrected chi connectivity index (χ4v) is 1.31. The molecular weight excluding hydrogens is 198 g/mol. The molecule has 1 aromatic heterocycles. The summed E-state index contributed by atoms with van der Waals surface area (Å²) in [4.78, 5) is 15.1. The van der Waals surface area contributed by atoms with Gasteiger partial charge in [-0.2, -0.15) is 0 Å². The number of fused-ring (bicyclic) bond motifs is 1. The van der Waals surface area contributed by atoms with Crippen LogP contribution in [-0.4, -0.2) is 23.2 Å². The molecule has 0 atom stereocenters. The van der Waals surface area contributed by atoms with Gasteiger partial charge in [0.05, 0.1) is 13.7 Å². The lowest BCUT2D eigenvalue weighted by Crippen LogP contribution is -2.00. The summed E-state index contributed by atoms with van der Waals surface area (Å²) < 4.78 is 9.65. The van der Waals surface area contributed by atoms with Crippen LogP contribution >= 0.6 is 0 Å². The van der Waals surface area contributed by atoms with Crippen molar-refractivity contribution >= 4 is 17.1 Å². The highest BCUT2D eigenvalue weighted by Crippen LogP contribution is 2.19. The van der Waals surface area contributed by atoms with E-state index >= 15 is 0 Å². The number of carbonyl (C=O) groups excluding carboxylic acids is 1. The number of aliphatic hydroxyl groups excluding tert-OH is 1. The minimum atomic E-state index is -0.630. The molecule has 1 N–H and O–H groups in total. The molecule has 0 bridgehead atoms. The SMILES string of the molecule is COC(=O)c1nc2c(CO)cccc2o1. The number of benzene rings is 1. The molecule has 2 rings (SSSR count). The summed E-state index contributed by atoms with van der Waals surface area (Å²) in [5, 5.41) is 9.04. The number of methoxy groups -OCH3 is 1. The van der Waals surface area contributed by atoms with E-state index in [9.17, 15) is 4.79 Å². The molecule has 0 amide bonds. The van der Waals surface area contributed by atoms with E-state index in [0.29, 0.717) is 16.7 Å². The van der Waals surface area contributed by atoms with Crippen molar-refractivity contribution in [1.82, 2.24) is 4.98 Å². The van der Waals surface area contributed by atoms with Gasteiger partial charge in [0, 0.05) is 5.56 Å². The summed E-state index contributed by atoms with van der Waals surface area (Å²) in [7, 11) is 1.25. The van der Waals surface area contributed by atoms with Crippen LogP contribution in [-0.2, 0) is 11.3 Å². The number of para-hydroxylation sites is 1. The van der Waals surface area contributed by atoms with Crippen molar-refractivity contribution in [2.45, 2.75) is 6.61 Å². The van der Waals surface area contributed by atoms with Crippen molar-refractivity contribution in [2.24, 2.45) is 0 Å². The molecule has 1 aromatic carbocycles. The van der Waals surface area contributed by atoms with E-state index in [0.717, 1.165) is 0 Å². The third-order valence-corrected chi connectivity index (χ3v) is 2.03. The zero-order valence-electron chi connectivity index (χ0n) is 8.06. The first-order valence-corrected chi connectivity index (χ1v) is 4.34. The van der Waals surface area contributed by atoms with E-state index in [2.05, 4.69) is 9.72 Å². The van der Waals surface area contributed by atoms with Gasteiger partial charge < -0.3 is 14.3 Å². The van der Waals surface area contributed by atoms with E-state index in [1.54, 1.807) is 18.2 Å². The van der Waals surface area contributed by atoms with Gasteiger partial charge in [0.25, 0.3) is 0 Å². The van der Waals surface area contributed by atoms with Gasteiger partial charge in [0.1, 0.15) is 5.52 Å². The molecule has 0 saturated heterocycles. The quantitative estimate of drug-likeness (QED) is 0.746. The maximum absolute atomic E-state index is 11.1. The van der Waals surface area contributed by atoms with Crippen molar-refractivity contribution < 1.29 is 19.1 Å². The molecule has 0 saturated carbocycles. The second-order valence-corrected chi connectivity index (χ2v) is 2.93. The first-order chi connectivity index (χ1) is 7.26. The monoisotopic (exact) mass is 207 g/mol. The zero-order chi connectivity index (χ0) is 10.8. The van der Waals surface area contributed by atoms with Crippen molar-refractivity contribution in [3.05, 3.63) is 29.7 Å². The van der Waals surface area contributed by atoms with Crippen LogP contribution in [0.5, 0.6) is 0 Å². The average Bonchev–Trinajstić information content (AvgIpc) is 2.71. The smallest absolute Gasteiger partial charge is 0.394 e. The highest BCUT2D eigenvalue weighted by atomic mass is 16.5. The first kappa shape index (κ1) is 9.67. The fraction of sp³-hybridized carbons (Fsp3) is 0.200. The normalized spacial score (nSPS) is 10.5. The predicted molar refractivity (Wildman–Crippen MR) is 51.3 cm³/mol. The summed E-state index contributed by atoms with van der Waals surface area (Å²) in [6.07, 6.45) is 0. The minimum Gasteiger partial charge on any atom is -0.462 e. The zero-order valence-corrected chi connectivity index (χ0v) is 8.06.